The Labute approximate surface area is 166 Å². The third-order valence-electron chi connectivity index (χ3n) is 4.45. The maximum absolute atomic E-state index is 12.9. The van der Waals surface area contributed by atoms with Gasteiger partial charge < -0.3 is 24.9 Å². The van der Waals surface area contributed by atoms with E-state index in [-0.39, 0.29) is 17.9 Å². The molecular weight excluding hydrogens is 372 g/mol. The summed E-state index contributed by atoms with van der Waals surface area (Å²) in [6, 6.07) is 17.8. The molecule has 0 fully saturated rings. The summed E-state index contributed by atoms with van der Waals surface area (Å²) >= 11 is 0. The molecule has 7 heteroatoms. The second kappa shape index (κ2) is 7.55. The number of carbonyl (C=O) groups excluding carboxylic acids is 2. The number of fused-ring (bicyclic) bond motifs is 3. The normalized spacial score (nSPS) is 10.8. The number of nitrogens with two attached hydrogens (primary N) is 1. The number of methoxy groups -OCH3 is 1. The summed E-state index contributed by atoms with van der Waals surface area (Å²) in [6.45, 7) is -0.321. The maximum atomic E-state index is 12.9. The van der Waals surface area contributed by atoms with Gasteiger partial charge in [-0.05, 0) is 24.3 Å². The SMILES string of the molecule is COc1cc2c(cc1NC(=O)c1ccccc1OCC(N)=O)oc1ccccc12. The van der Waals surface area contributed by atoms with Gasteiger partial charge in [0.15, 0.2) is 6.61 Å². The molecule has 7 nitrogen and oxygen atoms in total. The van der Waals surface area contributed by atoms with Crippen LogP contribution in [0.1, 0.15) is 10.4 Å². The van der Waals surface area contributed by atoms with Crippen LogP contribution in [-0.4, -0.2) is 25.5 Å². The van der Waals surface area contributed by atoms with Crippen LogP contribution in [0, 0.1) is 0 Å². The Morgan fingerprint density at radius 2 is 1.72 bits per heavy atom. The molecule has 1 heterocycles. The molecule has 29 heavy (non-hydrogen) atoms. The largest absolute Gasteiger partial charge is 0.495 e. The minimum atomic E-state index is -0.628. The van der Waals surface area contributed by atoms with Gasteiger partial charge in [0.1, 0.15) is 22.7 Å². The highest BCUT2D eigenvalue weighted by Crippen LogP contribution is 2.36. The molecule has 4 rings (SSSR count). The Balaban J connectivity index is 1.69. The molecule has 0 unspecified atom stereocenters. The third-order valence-corrected chi connectivity index (χ3v) is 4.45. The lowest BCUT2D eigenvalue weighted by Crippen LogP contribution is -2.21. The van der Waals surface area contributed by atoms with Gasteiger partial charge in [-0.2, -0.15) is 0 Å². The average molecular weight is 390 g/mol. The zero-order valence-electron chi connectivity index (χ0n) is 15.6. The van der Waals surface area contributed by atoms with Crippen LogP contribution in [0.25, 0.3) is 21.9 Å². The molecule has 0 atom stereocenters. The lowest BCUT2D eigenvalue weighted by Gasteiger charge is -2.13. The smallest absolute Gasteiger partial charge is 0.259 e. The number of hydrogen-bond acceptors (Lipinski definition) is 5. The van der Waals surface area contributed by atoms with Gasteiger partial charge in [0.25, 0.3) is 11.8 Å². The van der Waals surface area contributed by atoms with Crippen LogP contribution in [0.4, 0.5) is 5.69 Å². The van der Waals surface area contributed by atoms with Crippen LogP contribution in [0.2, 0.25) is 0 Å². The minimum Gasteiger partial charge on any atom is -0.495 e. The van der Waals surface area contributed by atoms with Crippen molar-refractivity contribution in [3.63, 3.8) is 0 Å². The summed E-state index contributed by atoms with van der Waals surface area (Å²) in [7, 11) is 1.53. The Bertz CT molecular complexity index is 1230. The van der Waals surface area contributed by atoms with Gasteiger partial charge in [-0.3, -0.25) is 9.59 Å². The van der Waals surface area contributed by atoms with Gasteiger partial charge >= 0.3 is 0 Å². The van der Waals surface area contributed by atoms with Crippen molar-refractivity contribution in [3.05, 3.63) is 66.2 Å². The van der Waals surface area contributed by atoms with E-state index in [1.54, 1.807) is 30.3 Å². The Morgan fingerprint density at radius 3 is 2.52 bits per heavy atom. The second-order valence-corrected chi connectivity index (χ2v) is 6.35. The summed E-state index contributed by atoms with van der Waals surface area (Å²) in [5.41, 5.74) is 7.21. The number of rotatable bonds is 6. The molecule has 0 spiro atoms. The fourth-order valence-electron chi connectivity index (χ4n) is 3.14. The predicted octanol–water partition coefficient (Wildman–Crippen LogP) is 3.71. The quantitative estimate of drug-likeness (QED) is 0.522. The number of hydrogen-bond donors (Lipinski definition) is 2. The van der Waals surface area contributed by atoms with Crippen LogP contribution < -0.4 is 20.5 Å². The number of furan rings is 1. The van der Waals surface area contributed by atoms with Gasteiger partial charge in [-0.15, -0.1) is 0 Å². The molecule has 0 bridgehead atoms. The van der Waals surface area contributed by atoms with Crippen LogP contribution in [0.5, 0.6) is 11.5 Å². The highest BCUT2D eigenvalue weighted by molar-refractivity contribution is 6.10. The fraction of sp³-hybridized carbons (Fsp3) is 0.0909. The standard InChI is InChI=1S/C22H18N2O5/c1-27-20-10-15-13-6-2-5-9-18(13)29-19(15)11-16(20)24-22(26)14-7-3-4-8-17(14)28-12-21(23)25/h2-11H,12H2,1H3,(H2,23,25)(H,24,26). The van der Waals surface area contributed by atoms with Crippen LogP contribution in [-0.2, 0) is 4.79 Å². The van der Waals surface area contributed by atoms with E-state index in [4.69, 9.17) is 19.6 Å². The number of nitrogens with one attached hydrogen (secondary N) is 1. The molecule has 0 aliphatic heterocycles. The molecule has 3 N–H and O–H groups in total. The molecular formula is C22H18N2O5. The summed E-state index contributed by atoms with van der Waals surface area (Å²) < 4.78 is 16.7. The van der Waals surface area contributed by atoms with Gasteiger partial charge in [-0.25, -0.2) is 0 Å². The average Bonchev–Trinajstić information content (AvgIpc) is 3.09. The van der Waals surface area contributed by atoms with Crippen LogP contribution in [0.15, 0.2) is 65.1 Å². The van der Waals surface area contributed by atoms with E-state index in [1.807, 2.05) is 30.3 Å². The van der Waals surface area contributed by atoms with Crippen molar-refractivity contribution < 1.29 is 23.5 Å². The van der Waals surface area contributed by atoms with E-state index in [1.165, 1.54) is 7.11 Å². The Hall–Kier alpha value is -4.00. The molecule has 0 saturated carbocycles. The first-order chi connectivity index (χ1) is 14.1. The van der Waals surface area contributed by atoms with Crippen molar-refractivity contribution in [2.75, 3.05) is 19.0 Å². The van der Waals surface area contributed by atoms with Crippen molar-refractivity contribution in [2.24, 2.45) is 5.73 Å². The first-order valence-electron chi connectivity index (χ1n) is 8.87. The molecule has 2 amide bonds. The van der Waals surface area contributed by atoms with E-state index in [9.17, 15) is 9.59 Å². The van der Waals surface area contributed by atoms with Crippen molar-refractivity contribution in [1.82, 2.24) is 0 Å². The lowest BCUT2D eigenvalue weighted by atomic mass is 10.1. The number of para-hydroxylation sites is 2. The first-order valence-corrected chi connectivity index (χ1v) is 8.87. The third kappa shape index (κ3) is 3.58. The predicted molar refractivity (Wildman–Crippen MR) is 109 cm³/mol. The first kappa shape index (κ1) is 18.4. The van der Waals surface area contributed by atoms with Crippen LogP contribution >= 0.6 is 0 Å². The number of carbonyl (C=O) groups is 2. The van der Waals surface area contributed by atoms with Gasteiger partial charge in [0, 0.05) is 16.8 Å². The lowest BCUT2D eigenvalue weighted by molar-refractivity contribution is -0.119. The van der Waals surface area contributed by atoms with Gasteiger partial charge in [0.05, 0.1) is 18.4 Å². The number of primary amides is 1. The second-order valence-electron chi connectivity index (χ2n) is 6.35. The van der Waals surface area contributed by atoms with E-state index >= 15 is 0 Å². The monoisotopic (exact) mass is 390 g/mol. The molecule has 1 aromatic heterocycles. The molecule has 0 radical (unpaired) electrons. The van der Waals surface area contributed by atoms with Crippen molar-refractivity contribution >= 4 is 39.4 Å². The topological polar surface area (TPSA) is 104 Å². The minimum absolute atomic E-state index is 0.257. The molecule has 4 aromatic rings. The van der Waals surface area contributed by atoms with E-state index in [0.717, 1.165) is 16.4 Å². The van der Waals surface area contributed by atoms with Crippen molar-refractivity contribution in [1.29, 1.82) is 0 Å². The zero-order valence-corrected chi connectivity index (χ0v) is 15.6. The summed E-state index contributed by atoms with van der Waals surface area (Å²) in [4.78, 5) is 23.9. The number of anilines is 1. The molecule has 146 valence electrons. The zero-order chi connectivity index (χ0) is 20.4. The van der Waals surface area contributed by atoms with E-state index in [2.05, 4.69) is 5.32 Å². The van der Waals surface area contributed by atoms with Crippen molar-refractivity contribution in [2.45, 2.75) is 0 Å². The van der Waals surface area contributed by atoms with E-state index in [0.29, 0.717) is 17.0 Å². The summed E-state index contributed by atoms with van der Waals surface area (Å²) in [5.74, 6) is -0.295. The summed E-state index contributed by atoms with van der Waals surface area (Å²) in [5, 5.41) is 4.67. The maximum Gasteiger partial charge on any atom is 0.259 e. The fourth-order valence-corrected chi connectivity index (χ4v) is 3.14. The number of amides is 2. The Morgan fingerprint density at radius 1 is 0.966 bits per heavy atom. The Kier molecular flexibility index (Phi) is 4.78. The highest BCUT2D eigenvalue weighted by Gasteiger charge is 2.17. The molecule has 0 aliphatic rings. The van der Waals surface area contributed by atoms with Crippen molar-refractivity contribution in [3.8, 4) is 11.5 Å². The molecule has 3 aromatic carbocycles. The number of benzene rings is 3. The number of ether oxygens (including phenoxy) is 2. The highest BCUT2D eigenvalue weighted by atomic mass is 16.5. The molecule has 0 aliphatic carbocycles. The molecule has 0 saturated heterocycles. The summed E-state index contributed by atoms with van der Waals surface area (Å²) in [6.07, 6.45) is 0. The van der Waals surface area contributed by atoms with E-state index < -0.39 is 11.8 Å². The van der Waals surface area contributed by atoms with Crippen LogP contribution in [0.3, 0.4) is 0 Å². The van der Waals surface area contributed by atoms with Gasteiger partial charge in [-0.1, -0.05) is 30.3 Å². The van der Waals surface area contributed by atoms with Gasteiger partial charge in [0.2, 0.25) is 0 Å².